The number of rotatable bonds is 3. The van der Waals surface area contributed by atoms with E-state index in [9.17, 15) is 4.79 Å². The topological polar surface area (TPSA) is 76.4 Å². The van der Waals surface area contributed by atoms with Gasteiger partial charge in [-0.3, -0.25) is 5.32 Å². The molecule has 6 heteroatoms. The van der Waals surface area contributed by atoms with Crippen molar-refractivity contribution in [3.05, 3.63) is 36.5 Å². The predicted molar refractivity (Wildman–Crippen MR) is 84.3 cm³/mol. The number of ether oxygens (including phenoxy) is 1. The molecule has 0 fully saturated rings. The van der Waals surface area contributed by atoms with Gasteiger partial charge in [-0.05, 0) is 37.4 Å². The van der Waals surface area contributed by atoms with E-state index in [1.807, 2.05) is 30.3 Å². The number of carboxylic acid groups (broad SMARTS) is 1. The normalized spacial score (nSPS) is 11.8. The van der Waals surface area contributed by atoms with E-state index < -0.39 is 11.8 Å². The minimum Gasteiger partial charge on any atom is -0.497 e. The lowest BCUT2D eigenvalue weighted by Crippen LogP contribution is -2.45. The van der Waals surface area contributed by atoms with Crippen molar-refractivity contribution in [2.75, 3.05) is 7.11 Å². The molecule has 0 spiro atoms. The van der Waals surface area contributed by atoms with Gasteiger partial charge in [0, 0.05) is 10.8 Å². The minimum atomic E-state index is -1.09. The Morgan fingerprint density at radius 1 is 1.27 bits per heavy atom. The third-order valence-electron chi connectivity index (χ3n) is 3.70. The van der Waals surface area contributed by atoms with Gasteiger partial charge < -0.3 is 9.84 Å². The third kappa shape index (κ3) is 2.22. The second kappa shape index (κ2) is 4.91. The Labute approximate surface area is 127 Å². The van der Waals surface area contributed by atoms with Crippen molar-refractivity contribution in [1.29, 1.82) is 0 Å². The average Bonchev–Trinajstić information content (AvgIpc) is 2.90. The highest BCUT2D eigenvalue weighted by molar-refractivity contribution is 6.05. The van der Waals surface area contributed by atoms with Gasteiger partial charge in [0.25, 0.3) is 0 Å². The summed E-state index contributed by atoms with van der Waals surface area (Å²) in [7, 11) is 1.63. The van der Waals surface area contributed by atoms with Crippen LogP contribution in [0.3, 0.4) is 0 Å². The fourth-order valence-corrected chi connectivity index (χ4v) is 2.69. The van der Waals surface area contributed by atoms with Gasteiger partial charge in [-0.1, -0.05) is 12.1 Å². The van der Waals surface area contributed by atoms with Gasteiger partial charge in [0.2, 0.25) is 0 Å². The monoisotopic (exact) mass is 299 g/mol. The SMILES string of the molecule is COc1ccc2c(ccc3cnn(C(C)(C)NC(=O)O)c32)c1. The largest absolute Gasteiger partial charge is 0.497 e. The Bertz CT molecular complexity index is 868. The molecule has 6 nitrogen and oxygen atoms in total. The molecule has 0 saturated heterocycles. The number of benzene rings is 2. The molecule has 0 aliphatic carbocycles. The number of aromatic nitrogens is 2. The third-order valence-corrected chi connectivity index (χ3v) is 3.70. The molecular weight excluding hydrogens is 282 g/mol. The fourth-order valence-electron chi connectivity index (χ4n) is 2.69. The molecule has 2 N–H and O–H groups in total. The highest BCUT2D eigenvalue weighted by Gasteiger charge is 2.25. The molecule has 3 aromatic rings. The van der Waals surface area contributed by atoms with Crippen molar-refractivity contribution in [2.45, 2.75) is 19.5 Å². The van der Waals surface area contributed by atoms with Gasteiger partial charge >= 0.3 is 6.09 Å². The zero-order valence-electron chi connectivity index (χ0n) is 12.6. The Morgan fingerprint density at radius 2 is 2.00 bits per heavy atom. The maximum atomic E-state index is 11.0. The van der Waals surface area contributed by atoms with Gasteiger partial charge in [-0.25, -0.2) is 9.48 Å². The summed E-state index contributed by atoms with van der Waals surface area (Å²) in [4.78, 5) is 11.0. The van der Waals surface area contributed by atoms with Crippen LogP contribution in [0.4, 0.5) is 4.79 Å². The minimum absolute atomic E-state index is 0.779. The van der Waals surface area contributed by atoms with Crippen LogP contribution in [0.1, 0.15) is 13.8 Å². The van der Waals surface area contributed by atoms with E-state index in [2.05, 4.69) is 10.4 Å². The van der Waals surface area contributed by atoms with Crippen LogP contribution in [-0.4, -0.2) is 28.1 Å². The summed E-state index contributed by atoms with van der Waals surface area (Å²) in [6.07, 6.45) is 0.653. The van der Waals surface area contributed by atoms with E-state index in [1.165, 1.54) is 0 Å². The molecule has 0 saturated carbocycles. The van der Waals surface area contributed by atoms with Crippen LogP contribution in [0, 0.1) is 0 Å². The quantitative estimate of drug-likeness (QED) is 0.779. The van der Waals surface area contributed by atoms with E-state index in [4.69, 9.17) is 9.84 Å². The summed E-state index contributed by atoms with van der Waals surface area (Å²) in [6, 6.07) is 9.77. The van der Waals surface area contributed by atoms with Gasteiger partial charge in [0.1, 0.15) is 11.4 Å². The van der Waals surface area contributed by atoms with Crippen LogP contribution in [0.2, 0.25) is 0 Å². The van der Waals surface area contributed by atoms with Crippen molar-refractivity contribution in [2.24, 2.45) is 0 Å². The Morgan fingerprint density at radius 3 is 2.68 bits per heavy atom. The second-order valence-electron chi connectivity index (χ2n) is 5.64. The maximum Gasteiger partial charge on any atom is 0.406 e. The standard InChI is InChI=1S/C16H17N3O3/c1-16(2,18-15(20)21)19-14-11(9-17-19)5-4-10-8-12(22-3)6-7-13(10)14/h4-9,18H,1-3H3,(H,20,21). The van der Waals surface area contributed by atoms with Crippen LogP contribution in [0.25, 0.3) is 21.7 Å². The maximum absolute atomic E-state index is 11.0. The number of hydrogen-bond acceptors (Lipinski definition) is 3. The van der Waals surface area contributed by atoms with Crippen LogP contribution >= 0.6 is 0 Å². The Hall–Kier alpha value is -2.76. The summed E-state index contributed by atoms with van der Waals surface area (Å²) >= 11 is 0. The van der Waals surface area contributed by atoms with E-state index in [1.54, 1.807) is 31.8 Å². The van der Waals surface area contributed by atoms with Crippen molar-refractivity contribution < 1.29 is 14.6 Å². The van der Waals surface area contributed by atoms with Gasteiger partial charge in [-0.2, -0.15) is 5.10 Å². The number of carbonyl (C=O) groups is 1. The molecule has 3 rings (SSSR count). The number of methoxy groups -OCH3 is 1. The molecule has 2 aromatic carbocycles. The Kier molecular flexibility index (Phi) is 3.16. The zero-order chi connectivity index (χ0) is 15.9. The smallest absolute Gasteiger partial charge is 0.406 e. The van der Waals surface area contributed by atoms with Gasteiger partial charge in [0.05, 0.1) is 18.8 Å². The van der Waals surface area contributed by atoms with Crippen molar-refractivity contribution in [3.8, 4) is 5.75 Å². The molecule has 0 radical (unpaired) electrons. The Balaban J connectivity index is 2.28. The molecule has 0 unspecified atom stereocenters. The van der Waals surface area contributed by atoms with E-state index >= 15 is 0 Å². The first-order chi connectivity index (χ1) is 10.4. The predicted octanol–water partition coefficient (Wildman–Crippen LogP) is 3.16. The summed E-state index contributed by atoms with van der Waals surface area (Å²) in [5, 5.41) is 18.9. The van der Waals surface area contributed by atoms with E-state index in [0.717, 1.165) is 27.4 Å². The van der Waals surface area contributed by atoms with E-state index in [0.29, 0.717) is 0 Å². The zero-order valence-corrected chi connectivity index (χ0v) is 12.6. The van der Waals surface area contributed by atoms with Gasteiger partial charge in [-0.15, -0.1) is 0 Å². The fraction of sp³-hybridized carbons (Fsp3) is 0.250. The highest BCUT2D eigenvalue weighted by Crippen LogP contribution is 2.30. The number of fused-ring (bicyclic) bond motifs is 3. The molecule has 0 aliphatic heterocycles. The average molecular weight is 299 g/mol. The summed E-state index contributed by atoms with van der Waals surface area (Å²) < 4.78 is 6.95. The first kappa shape index (κ1) is 14.2. The summed E-state index contributed by atoms with van der Waals surface area (Å²) in [5.41, 5.74) is 0.0285. The first-order valence-corrected chi connectivity index (χ1v) is 6.88. The summed E-state index contributed by atoms with van der Waals surface area (Å²) in [6.45, 7) is 3.55. The number of hydrogen-bond donors (Lipinski definition) is 2. The molecular formula is C16H17N3O3. The summed E-state index contributed by atoms with van der Waals surface area (Å²) in [5.74, 6) is 0.779. The molecule has 1 heterocycles. The molecule has 114 valence electrons. The van der Waals surface area contributed by atoms with Crippen LogP contribution < -0.4 is 10.1 Å². The van der Waals surface area contributed by atoms with Crippen molar-refractivity contribution in [3.63, 3.8) is 0 Å². The van der Waals surface area contributed by atoms with Crippen LogP contribution in [-0.2, 0) is 5.66 Å². The molecule has 0 aliphatic rings. The van der Waals surface area contributed by atoms with Crippen molar-refractivity contribution in [1.82, 2.24) is 15.1 Å². The van der Waals surface area contributed by atoms with Crippen LogP contribution in [0.5, 0.6) is 5.75 Å². The number of nitrogens with one attached hydrogen (secondary N) is 1. The molecule has 0 bridgehead atoms. The van der Waals surface area contributed by atoms with Crippen molar-refractivity contribution >= 4 is 27.8 Å². The van der Waals surface area contributed by atoms with Gasteiger partial charge in [0.15, 0.2) is 0 Å². The highest BCUT2D eigenvalue weighted by atomic mass is 16.5. The number of nitrogens with zero attached hydrogens (tertiary/aromatic N) is 2. The molecule has 0 atom stereocenters. The lowest BCUT2D eigenvalue weighted by molar-refractivity contribution is 0.164. The van der Waals surface area contributed by atoms with E-state index in [-0.39, 0.29) is 0 Å². The second-order valence-corrected chi connectivity index (χ2v) is 5.64. The number of amides is 1. The lowest BCUT2D eigenvalue weighted by atomic mass is 10.1. The molecule has 1 aromatic heterocycles. The lowest BCUT2D eigenvalue weighted by Gasteiger charge is -2.26. The molecule has 1 amide bonds. The van der Waals surface area contributed by atoms with Crippen LogP contribution in [0.15, 0.2) is 36.5 Å². The molecule has 22 heavy (non-hydrogen) atoms. The first-order valence-electron chi connectivity index (χ1n) is 6.88.